The van der Waals surface area contributed by atoms with E-state index in [4.69, 9.17) is 13.7 Å². The van der Waals surface area contributed by atoms with Gasteiger partial charge in [-0.2, -0.15) is 0 Å². The van der Waals surface area contributed by atoms with Gasteiger partial charge in [-0.3, -0.25) is 0 Å². The van der Waals surface area contributed by atoms with Crippen molar-refractivity contribution in [3.05, 3.63) is 54.1 Å². The first-order chi connectivity index (χ1) is 10.8. The third kappa shape index (κ3) is 2.94. The van der Waals surface area contributed by atoms with Crippen LogP contribution in [-0.2, 0) is 13.1 Å². The minimum absolute atomic E-state index is 0.315. The van der Waals surface area contributed by atoms with Gasteiger partial charge in [0.05, 0.1) is 31.7 Å². The molecular weight excluding hydrogens is 286 g/mol. The molecule has 0 unspecified atom stereocenters. The van der Waals surface area contributed by atoms with Crippen LogP contribution in [0.15, 0.2) is 51.6 Å². The molecule has 1 N–H and O–H groups in total. The summed E-state index contributed by atoms with van der Waals surface area (Å²) in [7, 11) is 1.60. The number of aromatic nitrogens is 2. The van der Waals surface area contributed by atoms with Crippen LogP contribution >= 0.6 is 0 Å². The molecule has 7 nitrogen and oxygen atoms in total. The summed E-state index contributed by atoms with van der Waals surface area (Å²) >= 11 is 0. The van der Waals surface area contributed by atoms with Crippen LogP contribution < -0.4 is 19.8 Å². The minimum Gasteiger partial charge on any atom is -0.539 e. The van der Waals surface area contributed by atoms with Gasteiger partial charge in [0.2, 0.25) is 5.69 Å². The lowest BCUT2D eigenvalue weighted by Crippen LogP contribution is -2.38. The van der Waals surface area contributed by atoms with Gasteiger partial charge in [0, 0.05) is 12.1 Å². The van der Waals surface area contributed by atoms with Gasteiger partial charge in [-0.05, 0) is 28.9 Å². The third-order valence-corrected chi connectivity index (χ3v) is 3.19. The SMILES string of the molecule is COc1ccc(-[n+]2noc([O-])c2CNCc2ccco2)cc1. The Bertz CT molecular complexity index is 720. The largest absolute Gasteiger partial charge is 0.539 e. The quantitative estimate of drug-likeness (QED) is 0.681. The topological polar surface area (TPSA) is 87.4 Å². The van der Waals surface area contributed by atoms with Crippen LogP contribution in [0.25, 0.3) is 5.69 Å². The van der Waals surface area contributed by atoms with Gasteiger partial charge in [0.15, 0.2) is 5.95 Å². The van der Waals surface area contributed by atoms with Crippen molar-refractivity contribution in [2.24, 2.45) is 0 Å². The molecule has 0 aliphatic rings. The molecule has 2 aromatic heterocycles. The lowest BCUT2D eigenvalue weighted by Gasteiger charge is -2.01. The Balaban J connectivity index is 1.74. The molecule has 3 aromatic rings. The lowest BCUT2D eigenvalue weighted by atomic mass is 10.3. The number of hydrogen-bond acceptors (Lipinski definition) is 6. The third-order valence-electron chi connectivity index (χ3n) is 3.19. The van der Waals surface area contributed by atoms with Crippen molar-refractivity contribution >= 4 is 0 Å². The second-order valence-electron chi connectivity index (χ2n) is 4.60. The molecule has 2 heterocycles. The van der Waals surface area contributed by atoms with E-state index in [-0.39, 0.29) is 0 Å². The number of nitrogens with zero attached hydrogens (tertiary/aromatic N) is 2. The Hall–Kier alpha value is -2.80. The zero-order valence-corrected chi connectivity index (χ0v) is 12.0. The standard InChI is InChI=1S/C15H15N3O4/c1-20-12-6-4-11(5-7-12)18-14(15(19)22-17-18)10-16-9-13-3-2-8-21-13/h2-8,16H,9-10H2,1H3. The summed E-state index contributed by atoms with van der Waals surface area (Å²) in [4.78, 5) is 0. The van der Waals surface area contributed by atoms with Crippen LogP contribution in [0, 0.1) is 0 Å². The normalized spacial score (nSPS) is 10.8. The summed E-state index contributed by atoms with van der Waals surface area (Å²) in [6.45, 7) is 0.829. The zero-order chi connectivity index (χ0) is 15.4. The van der Waals surface area contributed by atoms with Gasteiger partial charge >= 0.3 is 0 Å². The summed E-state index contributed by atoms with van der Waals surface area (Å²) in [5.74, 6) is 1.05. The first kappa shape index (κ1) is 14.2. The van der Waals surface area contributed by atoms with Gasteiger partial charge < -0.3 is 24.1 Å². The molecule has 7 heteroatoms. The number of methoxy groups -OCH3 is 1. The first-order valence-corrected chi connectivity index (χ1v) is 6.73. The van der Waals surface area contributed by atoms with Crippen molar-refractivity contribution in [3.8, 4) is 17.4 Å². The minimum atomic E-state index is -0.470. The highest BCUT2D eigenvalue weighted by atomic mass is 16.6. The maximum Gasteiger partial charge on any atom is 0.253 e. The van der Waals surface area contributed by atoms with Crippen molar-refractivity contribution < 1.29 is 23.5 Å². The molecule has 0 aliphatic carbocycles. The summed E-state index contributed by atoms with van der Waals surface area (Å²) in [5, 5.41) is 18.7. The molecule has 22 heavy (non-hydrogen) atoms. The summed E-state index contributed by atoms with van der Waals surface area (Å²) in [6, 6.07) is 10.9. The fourth-order valence-corrected chi connectivity index (χ4v) is 2.06. The van der Waals surface area contributed by atoms with E-state index in [1.54, 1.807) is 37.6 Å². The smallest absolute Gasteiger partial charge is 0.253 e. The highest BCUT2D eigenvalue weighted by Crippen LogP contribution is 2.14. The van der Waals surface area contributed by atoms with Crippen LogP contribution in [0.3, 0.4) is 0 Å². The van der Waals surface area contributed by atoms with Gasteiger partial charge in [-0.1, -0.05) is 0 Å². The number of furan rings is 1. The average Bonchev–Trinajstić information content (AvgIpc) is 3.18. The van der Waals surface area contributed by atoms with E-state index in [1.165, 1.54) is 4.68 Å². The molecule has 0 saturated heterocycles. The highest BCUT2D eigenvalue weighted by Gasteiger charge is 2.20. The highest BCUT2D eigenvalue weighted by molar-refractivity contribution is 5.31. The summed E-state index contributed by atoms with van der Waals surface area (Å²) in [5.41, 5.74) is 1.14. The Labute approximate surface area is 126 Å². The predicted molar refractivity (Wildman–Crippen MR) is 73.3 cm³/mol. The second kappa shape index (κ2) is 6.31. The van der Waals surface area contributed by atoms with E-state index < -0.39 is 5.95 Å². The Morgan fingerprint density at radius 3 is 2.73 bits per heavy atom. The fourth-order valence-electron chi connectivity index (χ4n) is 2.06. The van der Waals surface area contributed by atoms with Gasteiger partial charge in [0.1, 0.15) is 11.5 Å². The number of hydrogen-bond donors (Lipinski definition) is 1. The number of ether oxygens (including phenoxy) is 1. The van der Waals surface area contributed by atoms with Gasteiger partial charge in [-0.25, -0.2) is 0 Å². The number of rotatable bonds is 6. The van der Waals surface area contributed by atoms with Crippen LogP contribution in [0.2, 0.25) is 0 Å². The Morgan fingerprint density at radius 1 is 1.23 bits per heavy atom. The van der Waals surface area contributed by atoms with E-state index in [0.29, 0.717) is 18.8 Å². The maximum atomic E-state index is 11.8. The van der Waals surface area contributed by atoms with Crippen LogP contribution in [-0.4, -0.2) is 12.4 Å². The number of benzene rings is 1. The van der Waals surface area contributed by atoms with E-state index >= 15 is 0 Å². The monoisotopic (exact) mass is 301 g/mol. The van der Waals surface area contributed by atoms with Crippen molar-refractivity contribution in [2.75, 3.05) is 7.11 Å². The molecule has 0 aliphatic heterocycles. The molecule has 0 atom stereocenters. The Kier molecular flexibility index (Phi) is 4.06. The fraction of sp³-hybridized carbons (Fsp3) is 0.200. The van der Waals surface area contributed by atoms with Gasteiger partial charge in [-0.15, -0.1) is 0 Å². The predicted octanol–water partition coefficient (Wildman–Crippen LogP) is 0.916. The number of nitrogens with one attached hydrogen (secondary N) is 1. The molecule has 3 rings (SSSR count). The van der Waals surface area contributed by atoms with Crippen LogP contribution in [0.1, 0.15) is 11.5 Å². The molecule has 0 spiro atoms. The van der Waals surface area contributed by atoms with E-state index in [0.717, 1.165) is 17.2 Å². The maximum absolute atomic E-state index is 11.8. The molecule has 0 amide bonds. The van der Waals surface area contributed by atoms with Crippen LogP contribution in [0.4, 0.5) is 0 Å². The second-order valence-corrected chi connectivity index (χ2v) is 4.60. The molecule has 0 saturated carbocycles. The average molecular weight is 301 g/mol. The first-order valence-electron chi connectivity index (χ1n) is 6.73. The van der Waals surface area contributed by atoms with E-state index in [9.17, 15) is 5.11 Å². The molecular formula is C15H15N3O4. The van der Waals surface area contributed by atoms with Crippen molar-refractivity contribution in [3.63, 3.8) is 0 Å². The van der Waals surface area contributed by atoms with Crippen molar-refractivity contribution in [1.29, 1.82) is 0 Å². The van der Waals surface area contributed by atoms with Gasteiger partial charge in [0.25, 0.3) is 5.69 Å². The van der Waals surface area contributed by atoms with Crippen LogP contribution in [0.5, 0.6) is 11.7 Å². The molecule has 0 radical (unpaired) electrons. The molecule has 1 aromatic carbocycles. The molecule has 114 valence electrons. The van der Waals surface area contributed by atoms with E-state index in [1.807, 2.05) is 12.1 Å². The lowest BCUT2D eigenvalue weighted by molar-refractivity contribution is -0.677. The Morgan fingerprint density at radius 2 is 2.05 bits per heavy atom. The molecule has 0 fully saturated rings. The zero-order valence-electron chi connectivity index (χ0n) is 12.0. The summed E-state index contributed by atoms with van der Waals surface area (Å²) < 4.78 is 16.6. The van der Waals surface area contributed by atoms with Crippen molar-refractivity contribution in [2.45, 2.75) is 13.1 Å². The van der Waals surface area contributed by atoms with E-state index in [2.05, 4.69) is 10.6 Å². The molecule has 0 bridgehead atoms. The van der Waals surface area contributed by atoms with Crippen molar-refractivity contribution in [1.82, 2.24) is 10.6 Å². The summed E-state index contributed by atoms with van der Waals surface area (Å²) in [6.07, 6.45) is 1.60.